The summed E-state index contributed by atoms with van der Waals surface area (Å²) in [7, 11) is -2.09. The molecule has 1 aliphatic rings. The summed E-state index contributed by atoms with van der Waals surface area (Å²) in [6.45, 7) is 0. The number of hydrogen-bond donors (Lipinski definition) is 4. The molecule has 1 saturated carbocycles. The smallest absolute Gasteiger partial charge is 0.298 e. The third-order valence-corrected chi connectivity index (χ3v) is 10.6. The van der Waals surface area contributed by atoms with Crippen LogP contribution in [0.2, 0.25) is 0 Å². The average Bonchev–Trinajstić information content (AvgIpc) is 3.06. The number of aliphatic hydroxyl groups is 4. The van der Waals surface area contributed by atoms with Crippen LogP contribution in [-0.4, -0.2) is 102 Å². The molecule has 4 N–H and O–H groups in total. The highest BCUT2D eigenvalue weighted by atomic mass is 32.2. The van der Waals surface area contributed by atoms with Gasteiger partial charge in [0, 0.05) is 50.3 Å². The van der Waals surface area contributed by atoms with E-state index in [9.17, 15) is 37.3 Å². The fourth-order valence-electron chi connectivity index (χ4n) is 5.29. The quantitative estimate of drug-likeness (QED) is 0.140. The molecule has 0 heterocycles. The fraction of sp³-hybridized carbons (Fsp3) is 0.312. The summed E-state index contributed by atoms with van der Waals surface area (Å²) in [5.41, 5.74) is 2.57. The highest BCUT2D eigenvalue weighted by molar-refractivity contribution is 7.87. The van der Waals surface area contributed by atoms with Gasteiger partial charge in [-0.25, -0.2) is 0 Å². The summed E-state index contributed by atoms with van der Waals surface area (Å²) in [6, 6.07) is 21.7. The first-order valence-electron chi connectivity index (χ1n) is 14.7. The van der Waals surface area contributed by atoms with E-state index in [0.29, 0.717) is 22.4 Å². The van der Waals surface area contributed by atoms with Gasteiger partial charge in [-0.1, -0.05) is 24.3 Å². The lowest BCUT2D eigenvalue weighted by molar-refractivity contribution is -0.208. The van der Waals surface area contributed by atoms with Gasteiger partial charge in [-0.05, 0) is 60.7 Å². The molecule has 0 bridgehead atoms. The highest BCUT2D eigenvalue weighted by Gasteiger charge is 2.53. The molecule has 1 fully saturated rings. The van der Waals surface area contributed by atoms with Crippen LogP contribution in [0, 0.1) is 0 Å². The van der Waals surface area contributed by atoms with Gasteiger partial charge in [0.25, 0.3) is 20.2 Å². The van der Waals surface area contributed by atoms with Crippen LogP contribution in [0.15, 0.2) is 105 Å². The molecule has 0 amide bonds. The molecule has 6 atom stereocenters. The Balaban J connectivity index is 1.35. The van der Waals surface area contributed by atoms with Gasteiger partial charge in [0.15, 0.2) is 0 Å². The third-order valence-electron chi connectivity index (χ3n) is 7.90. The van der Waals surface area contributed by atoms with Gasteiger partial charge in [0.1, 0.15) is 41.5 Å². The Labute approximate surface area is 278 Å². The van der Waals surface area contributed by atoms with E-state index in [2.05, 4.69) is 10.2 Å². The van der Waals surface area contributed by atoms with Crippen LogP contribution >= 0.6 is 0 Å². The molecule has 1 aliphatic carbocycles. The van der Waals surface area contributed by atoms with Crippen LogP contribution in [0.3, 0.4) is 0 Å². The second-order valence-corrected chi connectivity index (χ2v) is 14.7. The van der Waals surface area contributed by atoms with Gasteiger partial charge in [0.2, 0.25) is 0 Å². The molecule has 48 heavy (non-hydrogen) atoms. The molecule has 0 aromatic heterocycles. The van der Waals surface area contributed by atoms with Crippen LogP contribution < -0.4 is 9.80 Å². The van der Waals surface area contributed by atoms with E-state index in [4.69, 9.17) is 8.37 Å². The van der Waals surface area contributed by atoms with Crippen molar-refractivity contribution in [1.82, 2.24) is 0 Å². The zero-order valence-electron chi connectivity index (χ0n) is 26.4. The zero-order chi connectivity index (χ0) is 35.0. The summed E-state index contributed by atoms with van der Waals surface area (Å²) in [5, 5.41) is 52.0. The maximum Gasteiger partial charge on any atom is 0.298 e. The van der Waals surface area contributed by atoms with Crippen LogP contribution in [0.4, 0.5) is 22.7 Å². The molecular weight excluding hydrogens is 665 g/mol. The number of benzene rings is 4. The van der Waals surface area contributed by atoms with Crippen molar-refractivity contribution in [3.63, 3.8) is 0 Å². The van der Waals surface area contributed by atoms with E-state index in [1.165, 1.54) is 24.3 Å². The first kappa shape index (κ1) is 35.3. The van der Waals surface area contributed by atoms with Crippen LogP contribution in [0.5, 0.6) is 0 Å². The number of anilines is 2. The minimum absolute atomic E-state index is 0.282. The Bertz CT molecular complexity index is 2010. The van der Waals surface area contributed by atoms with Crippen molar-refractivity contribution in [3.05, 3.63) is 84.9 Å². The Kier molecular flexibility index (Phi) is 10.2. The van der Waals surface area contributed by atoms with Crippen molar-refractivity contribution in [2.75, 3.05) is 38.0 Å². The van der Waals surface area contributed by atoms with Gasteiger partial charge in [0.05, 0.1) is 16.3 Å². The van der Waals surface area contributed by atoms with Crippen molar-refractivity contribution in [1.29, 1.82) is 0 Å². The standard InChI is InChI=1S/C32H36N4O10S2/c1-35(2)21-15-11-19(12-16-21)33-34-20-13-17-22(18-14-20)47(41,42)45-31-28(38)27(37)29(39)32(30(31)40)46-48(43,44)26-10-6-7-23-24(26)8-5-9-25(23)36(3)4/h5-18,27-32,37-40H,1-4H3/t27-,28+,29-,30+,31-,32+/m0/s1. The lowest BCUT2D eigenvalue weighted by Crippen LogP contribution is -2.65. The predicted octanol–water partition coefficient (Wildman–Crippen LogP) is 2.69. The molecule has 4 aromatic rings. The molecular formula is C32H36N4O10S2. The van der Waals surface area contributed by atoms with Crippen LogP contribution in [-0.2, 0) is 28.6 Å². The van der Waals surface area contributed by atoms with Gasteiger partial charge in [-0.3, -0.25) is 8.37 Å². The molecule has 0 unspecified atom stereocenters. The largest absolute Gasteiger partial charge is 0.387 e. The summed E-state index contributed by atoms with van der Waals surface area (Å²) >= 11 is 0. The maximum atomic E-state index is 13.5. The molecule has 256 valence electrons. The first-order chi connectivity index (χ1) is 22.6. The molecule has 16 heteroatoms. The second kappa shape index (κ2) is 13.9. The maximum absolute atomic E-state index is 13.5. The first-order valence-corrected chi connectivity index (χ1v) is 17.5. The van der Waals surface area contributed by atoms with E-state index in [-0.39, 0.29) is 10.3 Å². The lowest BCUT2D eigenvalue weighted by atomic mass is 9.85. The normalized spacial score (nSPS) is 23.4. The molecule has 5 rings (SSSR count). The third kappa shape index (κ3) is 7.20. The number of hydrogen-bond acceptors (Lipinski definition) is 14. The number of azo groups is 1. The van der Waals surface area contributed by atoms with E-state index in [1.807, 2.05) is 31.1 Å². The molecule has 0 spiro atoms. The topological polar surface area (TPSA) is 199 Å². The minimum atomic E-state index is -4.75. The molecule has 14 nitrogen and oxygen atoms in total. The van der Waals surface area contributed by atoms with E-state index in [0.717, 1.165) is 17.8 Å². The lowest BCUT2D eigenvalue weighted by Gasteiger charge is -2.42. The van der Waals surface area contributed by atoms with Crippen LogP contribution in [0.25, 0.3) is 10.8 Å². The fourth-order valence-corrected chi connectivity index (χ4v) is 7.71. The predicted molar refractivity (Wildman–Crippen MR) is 178 cm³/mol. The highest BCUT2D eigenvalue weighted by Crippen LogP contribution is 2.35. The second-order valence-electron chi connectivity index (χ2n) is 11.6. The van der Waals surface area contributed by atoms with Crippen molar-refractivity contribution in [3.8, 4) is 0 Å². The molecule has 4 aromatic carbocycles. The number of fused-ring (bicyclic) bond motifs is 1. The Hall–Kier alpha value is -4.00. The average molecular weight is 701 g/mol. The molecule has 0 saturated heterocycles. The summed E-state index contributed by atoms with van der Waals surface area (Å²) in [4.78, 5) is 3.03. The van der Waals surface area contributed by atoms with Crippen molar-refractivity contribution in [2.24, 2.45) is 10.2 Å². The van der Waals surface area contributed by atoms with Gasteiger partial charge < -0.3 is 30.2 Å². The van der Waals surface area contributed by atoms with Gasteiger partial charge >= 0.3 is 0 Å². The van der Waals surface area contributed by atoms with Crippen molar-refractivity contribution < 1.29 is 45.6 Å². The monoisotopic (exact) mass is 700 g/mol. The summed E-state index contributed by atoms with van der Waals surface area (Å²) in [6.07, 6.45) is -12.9. The minimum Gasteiger partial charge on any atom is -0.387 e. The number of rotatable bonds is 10. The van der Waals surface area contributed by atoms with Gasteiger partial charge in [-0.2, -0.15) is 27.1 Å². The van der Waals surface area contributed by atoms with Gasteiger partial charge in [-0.15, -0.1) is 0 Å². The van der Waals surface area contributed by atoms with E-state index < -0.39 is 61.8 Å². The number of aliphatic hydroxyl groups excluding tert-OH is 4. The molecule has 0 aliphatic heterocycles. The van der Waals surface area contributed by atoms with Crippen molar-refractivity contribution >= 4 is 53.8 Å². The SMILES string of the molecule is CN(C)c1ccc(N=Nc2ccc(S(=O)(=O)O[C@@H]3[C@@H](O)[C@H](OS(=O)(=O)c4cccc5c(N(C)C)cccc45)[C@@H](O)[C@@H](O)[C@H]3O)cc2)cc1. The van der Waals surface area contributed by atoms with Crippen molar-refractivity contribution in [2.45, 2.75) is 46.4 Å². The van der Waals surface area contributed by atoms with E-state index in [1.54, 1.807) is 55.4 Å². The zero-order valence-corrected chi connectivity index (χ0v) is 28.0. The summed E-state index contributed by atoms with van der Waals surface area (Å²) in [5.74, 6) is 0. The Morgan fingerprint density at radius 2 is 1.06 bits per heavy atom. The van der Waals surface area contributed by atoms with E-state index >= 15 is 0 Å². The van der Waals surface area contributed by atoms with Crippen LogP contribution in [0.1, 0.15) is 0 Å². The molecule has 0 radical (unpaired) electrons. The Morgan fingerprint density at radius 3 is 1.60 bits per heavy atom. The number of nitrogens with zero attached hydrogens (tertiary/aromatic N) is 4. The Morgan fingerprint density at radius 1 is 0.562 bits per heavy atom. The summed E-state index contributed by atoms with van der Waals surface area (Å²) < 4.78 is 63.8.